The number of hydrogen-bond donors (Lipinski definition) is 7. The van der Waals surface area contributed by atoms with Crippen LogP contribution in [-0.2, 0) is 54.6 Å². The second-order valence-corrected chi connectivity index (χ2v) is 28.9. The molecular formula is C58H79N10O14P3. The Bertz CT molecular complexity index is 3690. The van der Waals surface area contributed by atoms with E-state index >= 15 is 0 Å². The average Bonchev–Trinajstić information content (AvgIpc) is 1.36. The Hall–Kier alpha value is -5.29. The van der Waals surface area contributed by atoms with Crippen LogP contribution in [0.25, 0.3) is 16.7 Å². The molecule has 1 aliphatic carbocycles. The van der Waals surface area contributed by atoms with Gasteiger partial charge in [0.05, 0.1) is 12.9 Å². The number of phosphoric ester groups is 1. The van der Waals surface area contributed by atoms with Crippen molar-refractivity contribution in [3.8, 4) is 0 Å². The number of rotatable bonds is 23. The number of phosphoric acid groups is 2. The van der Waals surface area contributed by atoms with E-state index in [9.17, 15) is 48.2 Å². The van der Waals surface area contributed by atoms with Gasteiger partial charge in [0.1, 0.15) is 43.2 Å². The molecule has 27 heteroatoms. The molecule has 10 rings (SSSR count). The van der Waals surface area contributed by atoms with Gasteiger partial charge in [0, 0.05) is 85.8 Å². The van der Waals surface area contributed by atoms with E-state index in [0.29, 0.717) is 50.3 Å². The number of benzene rings is 3. The van der Waals surface area contributed by atoms with Crippen molar-refractivity contribution in [3.63, 3.8) is 0 Å². The highest BCUT2D eigenvalue weighted by molar-refractivity contribution is 7.67. The van der Waals surface area contributed by atoms with E-state index in [-0.39, 0.29) is 59.1 Å². The Morgan fingerprint density at radius 3 is 2.41 bits per heavy atom. The minimum Gasteiger partial charge on any atom is -0.766 e. The molecule has 2 aromatic heterocycles. The van der Waals surface area contributed by atoms with Gasteiger partial charge in [0.15, 0.2) is 17.7 Å². The number of carbonyl (C=O) groups is 2. The van der Waals surface area contributed by atoms with E-state index in [1.165, 1.54) is 60.5 Å². The van der Waals surface area contributed by atoms with Gasteiger partial charge in [-0.1, -0.05) is 51.8 Å². The van der Waals surface area contributed by atoms with Crippen LogP contribution < -0.4 is 41.1 Å². The van der Waals surface area contributed by atoms with Crippen LogP contribution in [0.4, 0.5) is 11.5 Å². The first-order valence-electron chi connectivity index (χ1n) is 29.4. The summed E-state index contributed by atoms with van der Waals surface area (Å²) in [6.07, 6.45) is 4.10. The van der Waals surface area contributed by atoms with Crippen LogP contribution in [-0.4, -0.2) is 133 Å². The molecular weight excluding hydrogens is 1150 g/mol. The van der Waals surface area contributed by atoms with Crippen LogP contribution in [0.15, 0.2) is 55.1 Å². The maximum absolute atomic E-state index is 14.8. The number of anilines is 2. The molecule has 0 radical (unpaired) electrons. The molecule has 4 unspecified atom stereocenters. The van der Waals surface area contributed by atoms with E-state index in [1.54, 1.807) is 11.9 Å². The number of carbonyl (C=O) groups excluding carboxylic acids is 2. The van der Waals surface area contributed by atoms with Crippen LogP contribution in [0.3, 0.4) is 0 Å². The second-order valence-electron chi connectivity index (χ2n) is 24.2. The van der Waals surface area contributed by atoms with Gasteiger partial charge in [-0.25, -0.2) is 33.0 Å². The van der Waals surface area contributed by atoms with Crippen molar-refractivity contribution in [2.45, 2.75) is 154 Å². The molecule has 460 valence electrons. The fraction of sp³-hybridized carbons (Fsp3) is 0.552. The Morgan fingerprint density at radius 1 is 0.929 bits per heavy atom. The molecule has 3 aromatic carbocycles. The summed E-state index contributed by atoms with van der Waals surface area (Å²) in [5.41, 5.74) is 17.8. The average molecular weight is 1230 g/mol. The molecule has 1 fully saturated rings. The molecule has 0 saturated carbocycles. The summed E-state index contributed by atoms with van der Waals surface area (Å²) in [5, 5.41) is 28.8. The quantitative estimate of drug-likeness (QED) is 0.0258. The van der Waals surface area contributed by atoms with Crippen LogP contribution in [0.1, 0.15) is 161 Å². The van der Waals surface area contributed by atoms with Gasteiger partial charge in [0.2, 0.25) is 19.0 Å². The molecule has 85 heavy (non-hydrogen) atoms. The fourth-order valence-electron chi connectivity index (χ4n) is 13.7. The van der Waals surface area contributed by atoms with Gasteiger partial charge in [-0.05, 0) is 128 Å². The highest BCUT2D eigenvalue weighted by atomic mass is 31.3. The Balaban J connectivity index is 0.696. The molecule has 5 aliphatic rings. The minimum absolute atomic E-state index is 0.00128. The van der Waals surface area contributed by atoms with Gasteiger partial charge >= 0.3 is 15.6 Å². The van der Waals surface area contributed by atoms with Crippen LogP contribution in [0.2, 0.25) is 0 Å². The standard InChI is InChI=1S/C58H79N10O14P3/c1-8-68-44-30-43-41(29-40(44)35(2)31-57(68,3)4)47(42-28-36-18-15-26-66-27-16-21-39(50(36)66)48(42)58(43,5)6)37-19-11-12-20-38(37)55(72)65(7)25-17-22-46(69)60-23-13-9-10-14-24-64-83(73,74)81-85(77,78)82-84(75,76)79-32-45-51(70)52(71)56(80-45)67-34-63-49-53(59)61-33-62-54(49)67/h11-12,19-20,28-30,33-35,45,51-52,56,70-71H,8-10,13-18,21-27,31-32H2,1-7H3,(H6-,59,60,61,62,64,69,73,74,75,76,77,78)/t35?,45-,51-,52-,56-/m1/s1. The zero-order valence-corrected chi connectivity index (χ0v) is 51.9. The second kappa shape index (κ2) is 24.7. The Labute approximate surface area is 494 Å². The third-order valence-corrected chi connectivity index (χ3v) is 21.8. The van der Waals surface area contributed by atoms with Gasteiger partial charge in [0.25, 0.3) is 5.91 Å². The normalized spacial score (nSPS) is 23.2. The minimum atomic E-state index is -5.80. The van der Waals surface area contributed by atoms with Crippen LogP contribution in [0, 0.1) is 0 Å². The first-order chi connectivity index (χ1) is 40.2. The number of imidazole rings is 1. The Morgan fingerprint density at radius 2 is 1.66 bits per heavy atom. The van der Waals surface area contributed by atoms with Crippen molar-refractivity contribution in [1.29, 1.82) is 0 Å². The zero-order chi connectivity index (χ0) is 61.0. The Kier molecular flexibility index (Phi) is 18.2. The number of nitrogen functional groups attached to an aromatic ring is 1. The lowest BCUT2D eigenvalue weighted by Crippen LogP contribution is -2.50. The number of fused-ring (bicyclic) bond motifs is 5. The summed E-state index contributed by atoms with van der Waals surface area (Å²) in [6.45, 7) is 16.7. The van der Waals surface area contributed by atoms with Gasteiger partial charge in [-0.2, -0.15) is 4.31 Å². The molecule has 0 bridgehead atoms. The molecule has 6 heterocycles. The highest BCUT2D eigenvalue weighted by Gasteiger charge is 2.48. The van der Waals surface area contributed by atoms with E-state index in [2.05, 4.69) is 104 Å². The topological polar surface area (TPSA) is 329 Å². The molecule has 2 amide bonds. The van der Waals surface area contributed by atoms with Crippen LogP contribution >= 0.6 is 23.4 Å². The van der Waals surface area contributed by atoms with Crippen molar-refractivity contribution in [2.24, 2.45) is 0 Å². The number of nitrogens with two attached hydrogens (primary N) is 1. The van der Waals surface area contributed by atoms with Gasteiger partial charge < -0.3 is 50.5 Å². The number of ether oxygens (including phenoxy) is 1. The number of nitrogens with zero attached hydrogens (tertiary/aromatic N) is 7. The number of aryl methyl sites for hydroxylation is 1. The smallest absolute Gasteiger partial charge is 0.486 e. The first-order valence-corrected chi connectivity index (χ1v) is 33.9. The monoisotopic (exact) mass is 1230 g/mol. The lowest BCUT2D eigenvalue weighted by atomic mass is 9.64. The number of amides is 2. The van der Waals surface area contributed by atoms with E-state index in [1.807, 2.05) is 23.3 Å². The molecule has 8 atom stereocenters. The molecule has 1 saturated heterocycles. The van der Waals surface area contributed by atoms with Crippen molar-refractivity contribution in [1.82, 2.24) is 39.4 Å². The molecule has 8 N–H and O–H groups in total. The van der Waals surface area contributed by atoms with Crippen molar-refractivity contribution < 1.29 is 66.1 Å². The SMILES string of the molecule is CCN1c2cc3c(cc2C(C)CC1(C)C)C(c1ccccc1C(=O)N(C)CCCC(=O)NCCCCCCNP(=O)([O-])OP(=O)(O)OP(=O)(O)OC[C@H]1O[C@@H](n2cnc4c(N)ncnc42)[C@H](O)[C@@H]1O)=c1cc2c4c(c1C3(C)C)CCC[N+]=4CCC2. The molecule has 24 nitrogen and oxygen atoms in total. The van der Waals surface area contributed by atoms with Crippen molar-refractivity contribution in [3.05, 3.63) is 110 Å². The summed E-state index contributed by atoms with van der Waals surface area (Å²) in [7, 11) is -14.9. The zero-order valence-electron chi connectivity index (χ0n) is 49.2. The molecule has 5 aromatic rings. The van der Waals surface area contributed by atoms with E-state index in [0.717, 1.165) is 69.2 Å². The number of unbranched alkanes of at least 4 members (excludes halogenated alkanes) is 3. The van der Waals surface area contributed by atoms with Gasteiger partial charge in [-0.15, -0.1) is 0 Å². The summed E-state index contributed by atoms with van der Waals surface area (Å²) >= 11 is 0. The third-order valence-electron chi connectivity index (χ3n) is 17.4. The maximum Gasteiger partial charge on any atom is 0.486 e. The highest BCUT2D eigenvalue weighted by Crippen LogP contribution is 2.65. The summed E-state index contributed by atoms with van der Waals surface area (Å²) < 4.78 is 60.2. The van der Waals surface area contributed by atoms with E-state index < -0.39 is 54.5 Å². The van der Waals surface area contributed by atoms with Crippen molar-refractivity contribution in [2.75, 3.05) is 63.6 Å². The third kappa shape index (κ3) is 12.9. The predicted octanol–water partition coefficient (Wildman–Crippen LogP) is 4.95. The van der Waals surface area contributed by atoms with E-state index in [4.69, 9.17) is 15.0 Å². The molecule has 0 spiro atoms. The fourth-order valence-corrected chi connectivity index (χ4v) is 17.4. The number of aliphatic hydroxyl groups excluding tert-OH is 2. The largest absolute Gasteiger partial charge is 0.766 e. The lowest BCUT2D eigenvalue weighted by Gasteiger charge is -2.48. The lowest BCUT2D eigenvalue weighted by molar-refractivity contribution is -0.195. The number of aliphatic hydroxyl groups is 2. The number of hydrogen-bond acceptors (Lipinski definition) is 17. The molecule has 4 aliphatic heterocycles. The summed E-state index contributed by atoms with van der Waals surface area (Å²) in [6, 6.07) is 15.4. The van der Waals surface area contributed by atoms with Crippen LogP contribution in [0.5, 0.6) is 0 Å². The predicted molar refractivity (Wildman–Crippen MR) is 317 cm³/mol. The maximum atomic E-state index is 14.8. The summed E-state index contributed by atoms with van der Waals surface area (Å²) in [5.74, 6) is 0.0952. The first kappa shape index (κ1) is 62.8. The number of aromatic nitrogens is 4. The van der Waals surface area contributed by atoms with Crippen molar-refractivity contribution >= 4 is 63.4 Å². The number of nitrogens with one attached hydrogen (secondary N) is 2. The van der Waals surface area contributed by atoms with Gasteiger partial charge in [-0.3, -0.25) is 28.3 Å². The summed E-state index contributed by atoms with van der Waals surface area (Å²) in [4.78, 5) is 76.7.